The van der Waals surface area contributed by atoms with Crippen molar-refractivity contribution in [1.82, 2.24) is 15.3 Å². The second kappa shape index (κ2) is 6.45. The van der Waals surface area contributed by atoms with Gasteiger partial charge < -0.3 is 5.32 Å². The number of nitrogens with zero attached hydrogens (tertiary/aromatic N) is 2. The molecule has 2 amide bonds. The van der Waals surface area contributed by atoms with Crippen LogP contribution in [0, 0.1) is 13.8 Å². The molecule has 0 aliphatic carbocycles. The number of carbonyl (C=O) groups excluding carboxylic acids is 2. The number of aryl methyl sites for hydroxylation is 2. The molecule has 0 unspecified atom stereocenters. The van der Waals surface area contributed by atoms with E-state index >= 15 is 0 Å². The lowest BCUT2D eigenvalue weighted by Gasteiger charge is -2.05. The van der Waals surface area contributed by atoms with Crippen LogP contribution >= 0.6 is 11.3 Å². The third-order valence-electron chi connectivity index (χ3n) is 2.85. The Bertz CT molecular complexity index is 662. The highest BCUT2D eigenvalue weighted by atomic mass is 32.1. The molecule has 0 saturated carbocycles. The molecule has 2 aromatic heterocycles. The monoisotopic (exact) mass is 304 g/mol. The van der Waals surface area contributed by atoms with E-state index in [1.54, 1.807) is 18.3 Å². The molecule has 0 radical (unpaired) electrons. The first-order valence-electron chi connectivity index (χ1n) is 6.40. The molecule has 2 heterocycles. The van der Waals surface area contributed by atoms with Crippen LogP contribution in [0.2, 0.25) is 0 Å². The molecular weight excluding hydrogens is 288 g/mol. The summed E-state index contributed by atoms with van der Waals surface area (Å²) in [5.74, 6) is -0.379. The number of aromatic nitrogens is 2. The van der Waals surface area contributed by atoms with E-state index in [1.807, 2.05) is 13.8 Å². The molecule has 110 valence electrons. The van der Waals surface area contributed by atoms with Crippen LogP contribution < -0.4 is 10.6 Å². The molecule has 0 aliphatic heterocycles. The lowest BCUT2D eigenvalue weighted by Crippen LogP contribution is -2.20. The maximum atomic E-state index is 12.2. The number of hydrogen-bond acceptors (Lipinski definition) is 5. The third-order valence-corrected chi connectivity index (χ3v) is 3.83. The summed E-state index contributed by atoms with van der Waals surface area (Å²) in [7, 11) is 0. The van der Waals surface area contributed by atoms with Crippen LogP contribution in [0.15, 0.2) is 18.3 Å². The van der Waals surface area contributed by atoms with Crippen molar-refractivity contribution >= 4 is 28.3 Å². The zero-order chi connectivity index (χ0) is 15.4. The van der Waals surface area contributed by atoms with Gasteiger partial charge in [0, 0.05) is 23.6 Å². The second-order valence-corrected chi connectivity index (χ2v) is 5.76. The van der Waals surface area contributed by atoms with Gasteiger partial charge in [0.25, 0.3) is 5.91 Å². The van der Waals surface area contributed by atoms with Crippen LogP contribution in [0.5, 0.6) is 0 Å². The number of nitrogens with one attached hydrogen (secondary N) is 2. The Balaban J connectivity index is 2.08. The largest absolute Gasteiger partial charge is 0.351 e. The van der Waals surface area contributed by atoms with Crippen LogP contribution in [-0.4, -0.2) is 21.8 Å². The van der Waals surface area contributed by atoms with Crippen molar-refractivity contribution < 1.29 is 9.59 Å². The average molecular weight is 304 g/mol. The van der Waals surface area contributed by atoms with Crippen molar-refractivity contribution in [3.8, 4) is 0 Å². The molecule has 0 aliphatic rings. The Morgan fingerprint density at radius 3 is 2.71 bits per heavy atom. The van der Waals surface area contributed by atoms with Crippen molar-refractivity contribution in [2.45, 2.75) is 27.3 Å². The minimum absolute atomic E-state index is 0.139. The van der Waals surface area contributed by atoms with E-state index in [4.69, 9.17) is 0 Å². The van der Waals surface area contributed by atoms with Crippen LogP contribution in [0.3, 0.4) is 0 Å². The van der Waals surface area contributed by atoms with Gasteiger partial charge in [-0.2, -0.15) is 0 Å². The molecule has 0 saturated heterocycles. The van der Waals surface area contributed by atoms with Gasteiger partial charge in [0.2, 0.25) is 5.91 Å². The minimum Gasteiger partial charge on any atom is -0.351 e. The highest BCUT2D eigenvalue weighted by Gasteiger charge is 2.11. The summed E-state index contributed by atoms with van der Waals surface area (Å²) in [5.41, 5.74) is 2.02. The fourth-order valence-corrected chi connectivity index (χ4v) is 2.44. The van der Waals surface area contributed by atoms with Crippen LogP contribution in [-0.2, 0) is 11.3 Å². The Hall–Kier alpha value is -2.28. The number of pyridine rings is 1. The van der Waals surface area contributed by atoms with Gasteiger partial charge in [-0.15, -0.1) is 11.3 Å². The van der Waals surface area contributed by atoms with Crippen LogP contribution in [0.1, 0.15) is 33.5 Å². The van der Waals surface area contributed by atoms with E-state index in [0.29, 0.717) is 22.9 Å². The molecule has 6 nitrogen and oxygen atoms in total. The molecule has 2 N–H and O–H groups in total. The first kappa shape index (κ1) is 15.1. The summed E-state index contributed by atoms with van der Waals surface area (Å²) in [6.07, 6.45) is 1.55. The van der Waals surface area contributed by atoms with Gasteiger partial charge in [0.05, 0.1) is 17.9 Å². The van der Waals surface area contributed by atoms with Gasteiger partial charge >= 0.3 is 0 Å². The highest BCUT2D eigenvalue weighted by molar-refractivity contribution is 7.15. The first-order chi connectivity index (χ1) is 9.95. The Labute approximate surface area is 126 Å². The standard InChI is InChI=1S/C14H16N4O2S/c1-8-9(2)21-14(17-8)18-13(20)11-4-5-15-12(6-11)7-16-10(3)19/h4-6H,7H2,1-3H3,(H,16,19)(H,17,18,20). The Morgan fingerprint density at radius 2 is 2.10 bits per heavy atom. The predicted molar refractivity (Wildman–Crippen MR) is 81.3 cm³/mol. The summed E-state index contributed by atoms with van der Waals surface area (Å²) in [4.78, 5) is 32.5. The second-order valence-electron chi connectivity index (χ2n) is 4.56. The van der Waals surface area contributed by atoms with Gasteiger partial charge in [-0.05, 0) is 26.0 Å². The molecule has 0 bridgehead atoms. The normalized spacial score (nSPS) is 10.2. The molecule has 0 fully saturated rings. The van der Waals surface area contributed by atoms with Crippen molar-refractivity contribution in [2.24, 2.45) is 0 Å². The van der Waals surface area contributed by atoms with Gasteiger partial charge in [-0.3, -0.25) is 19.9 Å². The maximum Gasteiger partial charge on any atom is 0.257 e. The minimum atomic E-state index is -0.241. The molecule has 0 aromatic carbocycles. The number of rotatable bonds is 4. The van der Waals surface area contributed by atoms with Crippen LogP contribution in [0.25, 0.3) is 0 Å². The van der Waals surface area contributed by atoms with E-state index in [-0.39, 0.29) is 11.8 Å². The van der Waals surface area contributed by atoms with Crippen molar-refractivity contribution in [3.05, 3.63) is 40.2 Å². The highest BCUT2D eigenvalue weighted by Crippen LogP contribution is 2.21. The van der Waals surface area contributed by atoms with E-state index < -0.39 is 0 Å². The van der Waals surface area contributed by atoms with Crippen LogP contribution in [0.4, 0.5) is 5.13 Å². The fourth-order valence-electron chi connectivity index (χ4n) is 1.63. The fraction of sp³-hybridized carbons (Fsp3) is 0.286. The molecular formula is C14H16N4O2S. The molecule has 2 aromatic rings. The van der Waals surface area contributed by atoms with Crippen molar-refractivity contribution in [1.29, 1.82) is 0 Å². The topological polar surface area (TPSA) is 84.0 Å². The summed E-state index contributed by atoms with van der Waals surface area (Å²) >= 11 is 1.44. The van der Waals surface area contributed by atoms with Gasteiger partial charge in [0.15, 0.2) is 5.13 Å². The number of carbonyl (C=O) groups is 2. The third kappa shape index (κ3) is 4.09. The first-order valence-corrected chi connectivity index (χ1v) is 7.22. The van der Waals surface area contributed by atoms with E-state index in [0.717, 1.165) is 10.6 Å². The predicted octanol–water partition coefficient (Wildman–Crippen LogP) is 2.04. The SMILES string of the molecule is CC(=O)NCc1cc(C(=O)Nc2nc(C)c(C)s2)ccn1. The van der Waals surface area contributed by atoms with Gasteiger partial charge in [-0.1, -0.05) is 0 Å². The molecule has 0 spiro atoms. The smallest absolute Gasteiger partial charge is 0.257 e. The summed E-state index contributed by atoms with van der Waals surface area (Å²) in [6.45, 7) is 5.59. The number of thiazole rings is 1. The molecule has 2 rings (SSSR count). The molecule has 7 heteroatoms. The van der Waals surface area contributed by atoms with E-state index in [2.05, 4.69) is 20.6 Å². The molecule has 21 heavy (non-hydrogen) atoms. The zero-order valence-electron chi connectivity index (χ0n) is 12.1. The lowest BCUT2D eigenvalue weighted by molar-refractivity contribution is -0.119. The Kier molecular flexibility index (Phi) is 4.64. The Morgan fingerprint density at radius 1 is 1.33 bits per heavy atom. The lowest BCUT2D eigenvalue weighted by atomic mass is 10.2. The quantitative estimate of drug-likeness (QED) is 0.905. The van der Waals surface area contributed by atoms with Crippen molar-refractivity contribution in [3.63, 3.8) is 0 Å². The number of anilines is 1. The summed E-state index contributed by atoms with van der Waals surface area (Å²) < 4.78 is 0. The summed E-state index contributed by atoms with van der Waals surface area (Å²) in [5, 5.41) is 5.99. The average Bonchev–Trinajstić information content (AvgIpc) is 2.75. The van der Waals surface area contributed by atoms with E-state index in [9.17, 15) is 9.59 Å². The number of amides is 2. The van der Waals surface area contributed by atoms with Crippen molar-refractivity contribution in [2.75, 3.05) is 5.32 Å². The van der Waals surface area contributed by atoms with Gasteiger partial charge in [-0.25, -0.2) is 4.98 Å². The van der Waals surface area contributed by atoms with Gasteiger partial charge in [0.1, 0.15) is 0 Å². The maximum absolute atomic E-state index is 12.2. The number of hydrogen-bond donors (Lipinski definition) is 2. The zero-order valence-corrected chi connectivity index (χ0v) is 12.9. The summed E-state index contributed by atoms with van der Waals surface area (Å²) in [6, 6.07) is 3.28. The van der Waals surface area contributed by atoms with E-state index in [1.165, 1.54) is 18.3 Å². The molecule has 0 atom stereocenters.